The van der Waals surface area contributed by atoms with Crippen molar-refractivity contribution in [1.82, 2.24) is 0 Å². The van der Waals surface area contributed by atoms with E-state index in [1.54, 1.807) is 6.08 Å². The second-order valence-corrected chi connectivity index (χ2v) is 23.6. The molecule has 0 bridgehead atoms. The van der Waals surface area contributed by atoms with Crippen molar-refractivity contribution in [1.29, 1.82) is 0 Å². The van der Waals surface area contributed by atoms with Gasteiger partial charge in [-0.3, -0.25) is 0 Å². The monoisotopic (exact) mass is 1280 g/mol. The van der Waals surface area contributed by atoms with Crippen molar-refractivity contribution < 1.29 is 0 Å². The van der Waals surface area contributed by atoms with E-state index < -0.39 is 0 Å². The molecule has 480 valence electrons. The van der Waals surface area contributed by atoms with Crippen LogP contribution in [0.5, 0.6) is 0 Å². The minimum Gasteiger partial charge on any atom is -0.338 e. The highest BCUT2D eigenvalue weighted by molar-refractivity contribution is 6.14. The molecule has 0 saturated heterocycles. The first-order valence-corrected chi connectivity index (χ1v) is 33.6. The second kappa shape index (κ2) is 32.0. The predicted octanol–water partition coefficient (Wildman–Crippen LogP) is 25.5. The second-order valence-electron chi connectivity index (χ2n) is 23.6. The van der Waals surface area contributed by atoms with Gasteiger partial charge in [-0.1, -0.05) is 207 Å². The van der Waals surface area contributed by atoms with Crippen LogP contribution in [0.2, 0.25) is 0 Å². The number of hydrogen-bond donors (Lipinski definition) is 0. The Hall–Kier alpha value is -13.0. The summed E-state index contributed by atoms with van der Waals surface area (Å²) < 4.78 is 0. The summed E-state index contributed by atoms with van der Waals surface area (Å²) in [6, 6.07) is 128. The summed E-state index contributed by atoms with van der Waals surface area (Å²) in [5.74, 6) is 0. The molecule has 0 radical (unpaired) electrons. The van der Waals surface area contributed by atoms with Crippen molar-refractivity contribution in [3.63, 3.8) is 0 Å². The molecule has 13 aromatic rings. The molecule has 0 spiro atoms. The van der Waals surface area contributed by atoms with Gasteiger partial charge in [-0.2, -0.15) is 0 Å². The van der Waals surface area contributed by atoms with E-state index in [0.29, 0.717) is 6.54 Å². The molecule has 0 saturated carbocycles. The fourth-order valence-corrected chi connectivity index (χ4v) is 12.4. The van der Waals surface area contributed by atoms with E-state index in [9.17, 15) is 0 Å². The first kappa shape index (κ1) is 64.7. The van der Waals surface area contributed by atoms with E-state index in [4.69, 9.17) is 4.99 Å². The highest BCUT2D eigenvalue weighted by Crippen LogP contribution is 2.43. The molecule has 0 aromatic heterocycles. The first-order chi connectivity index (χ1) is 49.0. The Bertz CT molecular complexity index is 4590. The van der Waals surface area contributed by atoms with Crippen LogP contribution in [0.3, 0.4) is 0 Å². The number of hydrogen-bond acceptors (Lipinski definition) is 7. The number of benzene rings is 13. The van der Waals surface area contributed by atoms with Crippen LogP contribution in [0.1, 0.15) is 25.0 Å². The molecule has 0 amide bonds. The number of rotatable bonds is 25. The summed E-state index contributed by atoms with van der Waals surface area (Å²) in [5.41, 5.74) is 21.5. The van der Waals surface area contributed by atoms with E-state index in [-0.39, 0.29) is 0 Å². The minimum absolute atomic E-state index is 0.647. The van der Waals surface area contributed by atoms with Crippen LogP contribution < -0.4 is 29.4 Å². The third-order valence-corrected chi connectivity index (χ3v) is 17.2. The van der Waals surface area contributed by atoms with Crippen molar-refractivity contribution in [2.45, 2.75) is 13.8 Å². The molecule has 99 heavy (non-hydrogen) atoms. The van der Waals surface area contributed by atoms with Gasteiger partial charge in [0.05, 0.1) is 11.4 Å². The van der Waals surface area contributed by atoms with Crippen LogP contribution in [0.15, 0.2) is 429 Å². The van der Waals surface area contributed by atoms with Gasteiger partial charge in [-0.15, -0.1) is 0 Å². The third-order valence-electron chi connectivity index (χ3n) is 17.2. The molecule has 0 fully saturated rings. The van der Waals surface area contributed by atoms with Crippen molar-refractivity contribution in [3.05, 3.63) is 436 Å². The van der Waals surface area contributed by atoms with Crippen molar-refractivity contribution in [2.24, 2.45) is 4.99 Å². The third kappa shape index (κ3) is 15.6. The fourth-order valence-electron chi connectivity index (χ4n) is 12.4. The van der Waals surface area contributed by atoms with Gasteiger partial charge in [0.2, 0.25) is 0 Å². The molecule has 0 aliphatic heterocycles. The van der Waals surface area contributed by atoms with Gasteiger partial charge in [0.25, 0.3) is 0 Å². The molecule has 0 atom stereocenters. The predicted molar refractivity (Wildman–Crippen MR) is 422 cm³/mol. The summed E-state index contributed by atoms with van der Waals surface area (Å²) in [6.45, 7) is 8.79. The Morgan fingerprint density at radius 2 is 0.586 bits per heavy atom. The van der Waals surface area contributed by atoms with E-state index in [2.05, 4.69) is 420 Å². The highest BCUT2D eigenvalue weighted by atomic mass is 15.2. The largest absolute Gasteiger partial charge is 0.338 e. The maximum absolute atomic E-state index is 5.46. The van der Waals surface area contributed by atoms with E-state index in [1.165, 1.54) is 0 Å². The SMILES string of the molecule is C=C/C=C\C=C(/C)N(c1ccccc1)c1ccc(N(C(/C=C\CN(c2ccccc2)c2ccccc2)=C/C)c2ccc(C(=Nc3ccccc3)c3ccc(N(c4ccc(N(c5ccccc5)c5ccccc5)cc4)c4ccc(N(c5ccccc5)c5ccccc5)cc4)cc3)cc2)cc1. The van der Waals surface area contributed by atoms with Crippen LogP contribution in [-0.4, -0.2) is 12.3 Å². The van der Waals surface area contributed by atoms with Gasteiger partial charge in [0, 0.05) is 114 Å². The lowest BCUT2D eigenvalue weighted by molar-refractivity contribution is 1.09. The Balaban J connectivity index is 0.876. The Kier molecular flexibility index (Phi) is 20.9. The van der Waals surface area contributed by atoms with Gasteiger partial charge in [-0.25, -0.2) is 4.99 Å². The molecule has 13 rings (SSSR count). The molecule has 0 unspecified atom stereocenters. The average molecular weight is 1280 g/mol. The zero-order chi connectivity index (χ0) is 67.4. The van der Waals surface area contributed by atoms with Gasteiger partial charge in [0.1, 0.15) is 0 Å². The summed E-state index contributed by atoms with van der Waals surface area (Å²) in [4.78, 5) is 19.3. The molecule has 0 aliphatic rings. The fraction of sp³-hybridized carbons (Fsp3) is 0.0326. The van der Waals surface area contributed by atoms with Crippen molar-refractivity contribution in [3.8, 4) is 0 Å². The van der Waals surface area contributed by atoms with E-state index in [0.717, 1.165) is 119 Å². The van der Waals surface area contributed by atoms with Gasteiger partial charge >= 0.3 is 0 Å². The van der Waals surface area contributed by atoms with E-state index >= 15 is 0 Å². The van der Waals surface area contributed by atoms with Crippen LogP contribution in [0.4, 0.5) is 91.0 Å². The standard InChI is InChI=1S/C92H77N7/c1-4-6-15-33-72(3)95(79-40-22-10-23-41-79)84-59-61-87(62-60-84)96(76(5-2)50-32-71-94(77-36-18-8-19-37-77)78-38-20-9-21-39-78)85-55-51-73(52-56-85)92(93-75-34-16-7-17-35-75)74-53-57-86(58-54-74)99(90-67-63-88(64-68-90)97(80-42-24-11-25-43-80)81-44-26-12-27-45-81)91-69-65-89(66-70-91)98(82-46-28-13-29-47-82)83-48-30-14-31-49-83/h4-70H,1,71H2,2-3H3/b15-6-,50-32-,72-33+,76-5+,93-92?. The highest BCUT2D eigenvalue weighted by Gasteiger charge is 2.22. The Morgan fingerprint density at radius 3 is 0.929 bits per heavy atom. The van der Waals surface area contributed by atoms with Gasteiger partial charge in [-0.05, 0) is 220 Å². The molecular weight excluding hydrogens is 1200 g/mol. The van der Waals surface area contributed by atoms with Gasteiger partial charge < -0.3 is 29.4 Å². The van der Waals surface area contributed by atoms with Crippen LogP contribution >= 0.6 is 0 Å². The quantitative estimate of drug-likeness (QED) is 0.0419. The molecule has 7 heteroatoms. The normalized spacial score (nSPS) is 11.7. The minimum atomic E-state index is 0.647. The van der Waals surface area contributed by atoms with Crippen molar-refractivity contribution >= 4 is 96.7 Å². The van der Waals surface area contributed by atoms with Gasteiger partial charge in [0.15, 0.2) is 0 Å². The zero-order valence-electron chi connectivity index (χ0n) is 55.7. The smallest absolute Gasteiger partial charge is 0.0781 e. The van der Waals surface area contributed by atoms with E-state index in [1.807, 2.05) is 30.4 Å². The molecule has 0 heterocycles. The topological polar surface area (TPSA) is 31.8 Å². The molecule has 0 aliphatic carbocycles. The lowest BCUT2D eigenvalue weighted by Gasteiger charge is -2.29. The molecule has 7 nitrogen and oxygen atoms in total. The lowest BCUT2D eigenvalue weighted by Crippen LogP contribution is -2.18. The number of para-hydroxylation sites is 8. The molecule has 13 aromatic carbocycles. The Morgan fingerprint density at radius 1 is 0.313 bits per heavy atom. The molecule has 0 N–H and O–H groups in total. The number of nitrogens with zero attached hydrogens (tertiary/aromatic N) is 7. The first-order valence-electron chi connectivity index (χ1n) is 33.6. The summed E-state index contributed by atoms with van der Waals surface area (Å²) in [5, 5.41) is 0. The number of allylic oxidation sites excluding steroid dienone is 7. The number of aliphatic imine (C=N–C) groups is 1. The maximum atomic E-state index is 5.46. The van der Waals surface area contributed by atoms with Crippen molar-refractivity contribution in [2.75, 3.05) is 35.9 Å². The lowest BCUT2D eigenvalue weighted by atomic mass is 10.0. The van der Waals surface area contributed by atoms with Crippen LogP contribution in [-0.2, 0) is 0 Å². The summed E-state index contributed by atoms with van der Waals surface area (Å²) in [6.07, 6.45) is 14.6. The molecular formula is C92H77N7. The van der Waals surface area contributed by atoms with Crippen LogP contribution in [0, 0.1) is 0 Å². The zero-order valence-corrected chi connectivity index (χ0v) is 55.7. The number of anilines is 15. The Labute approximate surface area is 583 Å². The average Bonchev–Trinajstić information content (AvgIpc) is 0.797. The summed E-state index contributed by atoms with van der Waals surface area (Å²) >= 11 is 0. The summed E-state index contributed by atoms with van der Waals surface area (Å²) in [7, 11) is 0. The maximum Gasteiger partial charge on any atom is 0.0781 e. The van der Waals surface area contributed by atoms with Crippen LogP contribution in [0.25, 0.3) is 0 Å².